The van der Waals surface area contributed by atoms with E-state index in [2.05, 4.69) is 20.6 Å². The zero-order chi connectivity index (χ0) is 18.6. The number of aromatic nitrogens is 2. The number of nitrogens with zero attached hydrogens (tertiary/aromatic N) is 2. The minimum absolute atomic E-state index is 0.245. The summed E-state index contributed by atoms with van der Waals surface area (Å²) in [6.07, 6.45) is 2.94. The van der Waals surface area contributed by atoms with Crippen molar-refractivity contribution in [2.24, 2.45) is 0 Å². The first-order chi connectivity index (χ1) is 13.2. The number of halogens is 1. The topological polar surface area (TPSA) is 85.4 Å². The van der Waals surface area contributed by atoms with Gasteiger partial charge in [0.1, 0.15) is 0 Å². The average molecular weight is 383 g/mol. The molecule has 0 radical (unpaired) electrons. The van der Waals surface area contributed by atoms with Crippen LogP contribution in [0.25, 0.3) is 0 Å². The standard InChI is InChI=1S/C19H15ClN4O3/c20-14-2-4-15(5-3-14)24-18(25)13-9-22-19(23-10-13)21-8-12-1-6-16-17(7-12)27-11-26-16/h1-7,9-10H,8,11H2,(H,24,25)(H,21,22,23). The highest BCUT2D eigenvalue weighted by Crippen LogP contribution is 2.32. The van der Waals surface area contributed by atoms with Gasteiger partial charge < -0.3 is 20.1 Å². The van der Waals surface area contributed by atoms with Crippen molar-refractivity contribution in [3.05, 3.63) is 71.0 Å². The highest BCUT2D eigenvalue weighted by Gasteiger charge is 2.13. The third-order valence-electron chi connectivity index (χ3n) is 3.90. The number of nitrogens with one attached hydrogen (secondary N) is 2. The van der Waals surface area contributed by atoms with E-state index in [-0.39, 0.29) is 12.7 Å². The minimum Gasteiger partial charge on any atom is -0.454 e. The van der Waals surface area contributed by atoms with Gasteiger partial charge in [-0.1, -0.05) is 17.7 Å². The van der Waals surface area contributed by atoms with E-state index in [1.54, 1.807) is 24.3 Å². The normalized spacial score (nSPS) is 11.9. The van der Waals surface area contributed by atoms with Crippen LogP contribution < -0.4 is 20.1 Å². The van der Waals surface area contributed by atoms with Crippen molar-refractivity contribution >= 4 is 29.1 Å². The molecule has 0 bridgehead atoms. The molecule has 1 aliphatic heterocycles. The molecule has 2 aromatic carbocycles. The van der Waals surface area contributed by atoms with E-state index in [0.29, 0.717) is 28.8 Å². The van der Waals surface area contributed by atoms with E-state index in [1.807, 2.05) is 18.2 Å². The Morgan fingerprint density at radius 2 is 1.78 bits per heavy atom. The maximum atomic E-state index is 12.2. The van der Waals surface area contributed by atoms with Crippen LogP contribution in [0.3, 0.4) is 0 Å². The lowest BCUT2D eigenvalue weighted by molar-refractivity contribution is 0.102. The Bertz CT molecular complexity index is 962. The number of benzene rings is 2. The smallest absolute Gasteiger partial charge is 0.258 e. The van der Waals surface area contributed by atoms with Crippen molar-refractivity contribution in [2.75, 3.05) is 17.4 Å². The second kappa shape index (κ2) is 7.51. The van der Waals surface area contributed by atoms with Crippen LogP contribution in [0.2, 0.25) is 5.02 Å². The number of ether oxygens (including phenoxy) is 2. The van der Waals surface area contributed by atoms with Gasteiger partial charge in [-0.2, -0.15) is 0 Å². The van der Waals surface area contributed by atoms with Gasteiger partial charge in [0.15, 0.2) is 11.5 Å². The van der Waals surface area contributed by atoms with Gasteiger partial charge in [-0.15, -0.1) is 0 Å². The molecule has 2 N–H and O–H groups in total. The average Bonchev–Trinajstić information content (AvgIpc) is 3.16. The first kappa shape index (κ1) is 17.1. The maximum Gasteiger partial charge on any atom is 0.258 e. The van der Waals surface area contributed by atoms with E-state index < -0.39 is 0 Å². The number of carbonyl (C=O) groups is 1. The summed E-state index contributed by atoms with van der Waals surface area (Å²) in [6, 6.07) is 12.6. The molecule has 4 rings (SSSR count). The lowest BCUT2D eigenvalue weighted by Gasteiger charge is -2.07. The van der Waals surface area contributed by atoms with Crippen LogP contribution in [0, 0.1) is 0 Å². The lowest BCUT2D eigenvalue weighted by Crippen LogP contribution is -2.13. The van der Waals surface area contributed by atoms with Gasteiger partial charge in [-0.25, -0.2) is 9.97 Å². The Labute approximate surface area is 160 Å². The second-order valence-corrected chi connectivity index (χ2v) is 6.23. The van der Waals surface area contributed by atoms with Gasteiger partial charge in [0, 0.05) is 29.6 Å². The quantitative estimate of drug-likeness (QED) is 0.699. The highest BCUT2D eigenvalue weighted by atomic mass is 35.5. The molecule has 1 amide bonds. The van der Waals surface area contributed by atoms with Crippen molar-refractivity contribution in [2.45, 2.75) is 6.54 Å². The molecule has 3 aromatic rings. The van der Waals surface area contributed by atoms with E-state index in [1.165, 1.54) is 12.4 Å². The summed E-state index contributed by atoms with van der Waals surface area (Å²) in [4.78, 5) is 20.6. The fourth-order valence-electron chi connectivity index (χ4n) is 2.51. The summed E-state index contributed by atoms with van der Waals surface area (Å²) in [5.41, 5.74) is 2.01. The molecule has 0 saturated carbocycles. The van der Waals surface area contributed by atoms with Crippen molar-refractivity contribution in [1.29, 1.82) is 0 Å². The Morgan fingerprint density at radius 3 is 2.56 bits per heavy atom. The van der Waals surface area contributed by atoms with E-state index >= 15 is 0 Å². The number of rotatable bonds is 5. The van der Waals surface area contributed by atoms with Gasteiger partial charge in [0.05, 0.1) is 5.56 Å². The monoisotopic (exact) mass is 382 g/mol. The van der Waals surface area contributed by atoms with Gasteiger partial charge >= 0.3 is 0 Å². The number of fused-ring (bicyclic) bond motifs is 1. The molecule has 27 heavy (non-hydrogen) atoms. The second-order valence-electron chi connectivity index (χ2n) is 5.80. The van der Waals surface area contributed by atoms with E-state index in [0.717, 1.165) is 17.1 Å². The maximum absolute atomic E-state index is 12.2. The van der Waals surface area contributed by atoms with Crippen molar-refractivity contribution < 1.29 is 14.3 Å². The van der Waals surface area contributed by atoms with Crippen LogP contribution in [0.5, 0.6) is 11.5 Å². The highest BCUT2D eigenvalue weighted by molar-refractivity contribution is 6.30. The predicted octanol–water partition coefficient (Wildman–Crippen LogP) is 3.72. The van der Waals surface area contributed by atoms with Gasteiger partial charge in [0.2, 0.25) is 12.7 Å². The minimum atomic E-state index is -0.292. The van der Waals surface area contributed by atoms with E-state index in [9.17, 15) is 4.79 Å². The molecule has 0 saturated heterocycles. The molecule has 0 atom stereocenters. The molecular formula is C19H15ClN4O3. The summed E-state index contributed by atoms with van der Waals surface area (Å²) < 4.78 is 10.6. The summed E-state index contributed by atoms with van der Waals surface area (Å²) >= 11 is 5.83. The molecule has 8 heteroatoms. The van der Waals surface area contributed by atoms with Crippen LogP contribution in [-0.2, 0) is 6.54 Å². The number of hydrogen-bond donors (Lipinski definition) is 2. The van der Waals surface area contributed by atoms with Gasteiger partial charge in [0.25, 0.3) is 5.91 Å². The van der Waals surface area contributed by atoms with Crippen LogP contribution in [-0.4, -0.2) is 22.7 Å². The SMILES string of the molecule is O=C(Nc1ccc(Cl)cc1)c1cnc(NCc2ccc3c(c2)OCO3)nc1. The Kier molecular flexibility index (Phi) is 4.76. The summed E-state index contributed by atoms with van der Waals surface area (Å²) in [5.74, 6) is 1.60. The molecule has 0 aliphatic carbocycles. The number of anilines is 2. The molecule has 0 spiro atoms. The Balaban J connectivity index is 1.35. The lowest BCUT2D eigenvalue weighted by atomic mass is 10.2. The molecular weight excluding hydrogens is 368 g/mol. The zero-order valence-corrected chi connectivity index (χ0v) is 14.9. The summed E-state index contributed by atoms with van der Waals surface area (Å²) in [7, 11) is 0. The number of hydrogen-bond acceptors (Lipinski definition) is 6. The van der Waals surface area contributed by atoms with Crippen LogP contribution >= 0.6 is 11.6 Å². The zero-order valence-electron chi connectivity index (χ0n) is 14.1. The Hall–Kier alpha value is -3.32. The van der Waals surface area contributed by atoms with Crippen molar-refractivity contribution in [3.63, 3.8) is 0 Å². The van der Waals surface area contributed by atoms with Crippen LogP contribution in [0.4, 0.5) is 11.6 Å². The molecule has 7 nitrogen and oxygen atoms in total. The van der Waals surface area contributed by atoms with Crippen LogP contribution in [0.1, 0.15) is 15.9 Å². The van der Waals surface area contributed by atoms with Gasteiger partial charge in [-0.05, 0) is 42.0 Å². The summed E-state index contributed by atoms with van der Waals surface area (Å²) in [6.45, 7) is 0.766. The molecule has 0 fully saturated rings. The first-order valence-electron chi connectivity index (χ1n) is 8.19. The number of carbonyl (C=O) groups excluding carboxylic acids is 1. The molecule has 1 aromatic heterocycles. The number of amides is 1. The predicted molar refractivity (Wildman–Crippen MR) is 101 cm³/mol. The summed E-state index contributed by atoms with van der Waals surface area (Å²) in [5, 5.41) is 6.48. The molecule has 0 unspecified atom stereocenters. The third kappa shape index (κ3) is 4.09. The van der Waals surface area contributed by atoms with Crippen molar-refractivity contribution in [3.8, 4) is 11.5 Å². The van der Waals surface area contributed by atoms with E-state index in [4.69, 9.17) is 21.1 Å². The van der Waals surface area contributed by atoms with Crippen LogP contribution in [0.15, 0.2) is 54.9 Å². The fourth-order valence-corrected chi connectivity index (χ4v) is 2.63. The fraction of sp³-hybridized carbons (Fsp3) is 0.105. The molecule has 1 aliphatic rings. The van der Waals surface area contributed by atoms with Gasteiger partial charge in [-0.3, -0.25) is 4.79 Å². The third-order valence-corrected chi connectivity index (χ3v) is 4.16. The first-order valence-corrected chi connectivity index (χ1v) is 8.56. The molecule has 2 heterocycles. The van der Waals surface area contributed by atoms with Crippen molar-refractivity contribution in [1.82, 2.24) is 9.97 Å². The molecule has 136 valence electrons. The largest absolute Gasteiger partial charge is 0.454 e. The Morgan fingerprint density at radius 1 is 1.04 bits per heavy atom.